The van der Waals surface area contributed by atoms with Gasteiger partial charge in [0.05, 0.1) is 11.3 Å². The van der Waals surface area contributed by atoms with Crippen LogP contribution >= 0.6 is 11.8 Å². The number of nitrogens with zero attached hydrogens (tertiary/aromatic N) is 4. The molecule has 5 nitrogen and oxygen atoms in total. The van der Waals surface area contributed by atoms with Crippen molar-refractivity contribution in [2.45, 2.75) is 56.8 Å². The van der Waals surface area contributed by atoms with Crippen molar-refractivity contribution in [3.63, 3.8) is 0 Å². The number of benzene rings is 1. The van der Waals surface area contributed by atoms with E-state index < -0.39 is 0 Å². The number of amides is 1. The highest BCUT2D eigenvalue weighted by Crippen LogP contribution is 2.27. The van der Waals surface area contributed by atoms with Crippen LogP contribution in [0.2, 0.25) is 0 Å². The number of thioether (sulfide) groups is 1. The summed E-state index contributed by atoms with van der Waals surface area (Å²) < 4.78 is 16.0. The molecular weight excluding hydrogens is 375 g/mol. The van der Waals surface area contributed by atoms with Gasteiger partial charge >= 0.3 is 0 Å². The first-order valence-corrected chi connectivity index (χ1v) is 10.9. The summed E-state index contributed by atoms with van der Waals surface area (Å²) in [5.41, 5.74) is 0.396. The Balaban J connectivity index is 1.74. The molecule has 3 rings (SSSR count). The third-order valence-corrected chi connectivity index (χ3v) is 6.10. The van der Waals surface area contributed by atoms with Gasteiger partial charge in [0, 0.05) is 19.1 Å². The lowest BCUT2D eigenvalue weighted by atomic mass is 9.94. The zero-order chi connectivity index (χ0) is 19.9. The molecule has 150 valence electrons. The van der Waals surface area contributed by atoms with Crippen LogP contribution in [0.15, 0.2) is 42.1 Å². The summed E-state index contributed by atoms with van der Waals surface area (Å²) in [6.07, 6.45) is 7.56. The van der Waals surface area contributed by atoms with Gasteiger partial charge in [-0.2, -0.15) is 0 Å². The first kappa shape index (κ1) is 20.6. The maximum atomic E-state index is 14.2. The minimum absolute atomic E-state index is 0.125. The Kier molecular flexibility index (Phi) is 7.25. The minimum atomic E-state index is -0.345. The molecule has 0 radical (unpaired) electrons. The average molecular weight is 403 g/mol. The Labute approximate surface area is 170 Å². The number of allylic oxidation sites excluding steroid dienone is 1. The number of rotatable bonds is 8. The molecule has 0 aliphatic heterocycles. The molecule has 28 heavy (non-hydrogen) atoms. The van der Waals surface area contributed by atoms with Crippen molar-refractivity contribution in [2.24, 2.45) is 0 Å². The van der Waals surface area contributed by atoms with Gasteiger partial charge in [0.2, 0.25) is 5.91 Å². The van der Waals surface area contributed by atoms with Crippen molar-refractivity contribution in [1.29, 1.82) is 0 Å². The fraction of sp³-hybridized carbons (Fsp3) is 0.476. The van der Waals surface area contributed by atoms with Crippen molar-refractivity contribution in [3.8, 4) is 11.4 Å². The van der Waals surface area contributed by atoms with Crippen molar-refractivity contribution < 1.29 is 9.18 Å². The summed E-state index contributed by atoms with van der Waals surface area (Å²) in [5, 5.41) is 8.99. The highest BCUT2D eigenvalue weighted by atomic mass is 32.2. The van der Waals surface area contributed by atoms with Gasteiger partial charge in [-0.15, -0.1) is 16.8 Å². The summed E-state index contributed by atoms with van der Waals surface area (Å²) in [7, 11) is 0. The fourth-order valence-electron chi connectivity index (χ4n) is 3.77. The second kappa shape index (κ2) is 9.87. The van der Waals surface area contributed by atoms with Crippen molar-refractivity contribution in [2.75, 3.05) is 12.3 Å². The molecular formula is C21H27FN4OS. The molecule has 1 aromatic heterocycles. The molecule has 0 spiro atoms. The number of hydrogen-bond acceptors (Lipinski definition) is 4. The number of carbonyl (C=O) groups is 1. The number of aromatic nitrogens is 3. The van der Waals surface area contributed by atoms with Crippen LogP contribution in [0, 0.1) is 5.82 Å². The van der Waals surface area contributed by atoms with Crippen LogP contribution in [0.4, 0.5) is 4.39 Å². The Morgan fingerprint density at radius 3 is 2.75 bits per heavy atom. The lowest BCUT2D eigenvalue weighted by molar-refractivity contribution is -0.131. The maximum Gasteiger partial charge on any atom is 0.233 e. The molecule has 1 aliphatic rings. The molecule has 0 N–H and O–H groups in total. The van der Waals surface area contributed by atoms with Crippen LogP contribution in [-0.2, 0) is 11.3 Å². The number of carbonyl (C=O) groups excluding carboxylic acids is 1. The van der Waals surface area contributed by atoms with E-state index in [1.54, 1.807) is 28.8 Å². The Hall–Kier alpha value is -2.15. The highest BCUT2D eigenvalue weighted by molar-refractivity contribution is 7.99. The van der Waals surface area contributed by atoms with Gasteiger partial charge in [-0.25, -0.2) is 4.39 Å². The SMILES string of the molecule is C=CCn1c(SCC(=O)N(CC)C2CCCCC2)nnc1-c1ccccc1F. The van der Waals surface area contributed by atoms with Gasteiger partial charge in [-0.1, -0.05) is 49.2 Å². The van der Waals surface area contributed by atoms with Gasteiger partial charge < -0.3 is 4.90 Å². The Morgan fingerprint density at radius 2 is 2.07 bits per heavy atom. The van der Waals surface area contributed by atoms with Crippen LogP contribution in [0.25, 0.3) is 11.4 Å². The van der Waals surface area contributed by atoms with Crippen LogP contribution < -0.4 is 0 Å². The molecule has 1 aromatic carbocycles. The molecule has 1 heterocycles. The topological polar surface area (TPSA) is 51.0 Å². The van der Waals surface area contributed by atoms with E-state index >= 15 is 0 Å². The van der Waals surface area contributed by atoms with Gasteiger partial charge in [-0.3, -0.25) is 9.36 Å². The fourth-order valence-corrected chi connectivity index (χ4v) is 4.60. The van der Waals surface area contributed by atoms with Crippen molar-refractivity contribution in [3.05, 3.63) is 42.7 Å². The summed E-state index contributed by atoms with van der Waals surface area (Å²) >= 11 is 1.35. The molecule has 2 aromatic rings. The molecule has 7 heteroatoms. The number of halogens is 1. The molecule has 1 aliphatic carbocycles. The molecule has 0 unspecified atom stereocenters. The zero-order valence-electron chi connectivity index (χ0n) is 16.3. The number of hydrogen-bond donors (Lipinski definition) is 0. The van der Waals surface area contributed by atoms with Crippen LogP contribution in [0.3, 0.4) is 0 Å². The van der Waals surface area contributed by atoms with E-state index in [1.807, 2.05) is 11.8 Å². The molecule has 1 fully saturated rings. The summed E-state index contributed by atoms with van der Waals surface area (Å²) in [6, 6.07) is 6.85. The third kappa shape index (κ3) is 4.63. The summed E-state index contributed by atoms with van der Waals surface area (Å²) in [4.78, 5) is 14.8. The van der Waals surface area contributed by atoms with Gasteiger partial charge in [-0.05, 0) is 31.9 Å². The zero-order valence-corrected chi connectivity index (χ0v) is 17.1. The molecule has 0 saturated heterocycles. The predicted octanol–water partition coefficient (Wildman–Crippen LogP) is 4.54. The van der Waals surface area contributed by atoms with Gasteiger partial charge in [0.1, 0.15) is 5.82 Å². The Bertz CT molecular complexity index is 816. The standard InChI is InChI=1S/C21H27FN4OS/c1-3-14-26-20(17-12-8-9-13-18(17)22)23-24-21(26)28-15-19(27)25(4-2)16-10-6-5-7-11-16/h3,8-9,12-13,16H,1,4-7,10-11,14-15H2,2H3. The van der Waals surface area contributed by atoms with Crippen LogP contribution in [-0.4, -0.2) is 43.9 Å². The van der Waals surface area contributed by atoms with E-state index in [4.69, 9.17) is 0 Å². The smallest absolute Gasteiger partial charge is 0.233 e. The molecule has 0 atom stereocenters. The van der Waals surface area contributed by atoms with Crippen LogP contribution in [0.1, 0.15) is 39.0 Å². The van der Waals surface area contributed by atoms with E-state index in [1.165, 1.54) is 37.1 Å². The normalized spacial score (nSPS) is 14.8. The predicted molar refractivity (Wildman–Crippen MR) is 111 cm³/mol. The largest absolute Gasteiger partial charge is 0.339 e. The maximum absolute atomic E-state index is 14.2. The minimum Gasteiger partial charge on any atom is -0.339 e. The second-order valence-corrected chi connectivity index (χ2v) is 7.89. The lowest BCUT2D eigenvalue weighted by Crippen LogP contribution is -2.42. The first-order valence-electron chi connectivity index (χ1n) is 9.87. The van der Waals surface area contributed by atoms with E-state index in [0.29, 0.717) is 34.9 Å². The summed E-state index contributed by atoms with van der Waals surface area (Å²) in [6.45, 7) is 6.99. The van der Waals surface area contributed by atoms with Gasteiger partial charge in [0.25, 0.3) is 0 Å². The lowest BCUT2D eigenvalue weighted by Gasteiger charge is -2.33. The first-order chi connectivity index (χ1) is 13.7. The Morgan fingerprint density at radius 1 is 1.32 bits per heavy atom. The second-order valence-electron chi connectivity index (χ2n) is 6.95. The quantitative estimate of drug-likeness (QED) is 0.480. The van der Waals surface area contributed by atoms with E-state index in [0.717, 1.165) is 19.4 Å². The van der Waals surface area contributed by atoms with E-state index in [9.17, 15) is 9.18 Å². The van der Waals surface area contributed by atoms with Crippen molar-refractivity contribution >= 4 is 17.7 Å². The molecule has 0 bridgehead atoms. The summed E-state index contributed by atoms with van der Waals surface area (Å²) in [5.74, 6) is 0.534. The molecule has 1 amide bonds. The van der Waals surface area contributed by atoms with Crippen molar-refractivity contribution in [1.82, 2.24) is 19.7 Å². The van der Waals surface area contributed by atoms with Gasteiger partial charge in [0.15, 0.2) is 11.0 Å². The van der Waals surface area contributed by atoms with E-state index in [2.05, 4.69) is 16.8 Å². The average Bonchev–Trinajstić information content (AvgIpc) is 3.11. The molecule has 1 saturated carbocycles. The third-order valence-electron chi connectivity index (χ3n) is 5.14. The highest BCUT2D eigenvalue weighted by Gasteiger charge is 2.25. The monoisotopic (exact) mass is 402 g/mol. The van der Waals surface area contributed by atoms with E-state index in [-0.39, 0.29) is 11.7 Å². The van der Waals surface area contributed by atoms with Crippen LogP contribution in [0.5, 0.6) is 0 Å².